The van der Waals surface area contributed by atoms with Crippen LogP contribution in [0.2, 0.25) is 0 Å². The second-order valence-corrected chi connectivity index (χ2v) is 10.8. The molecule has 6 rings (SSSR count). The Morgan fingerprint density at radius 2 is 1.68 bits per heavy atom. The van der Waals surface area contributed by atoms with Crippen molar-refractivity contribution in [3.63, 3.8) is 0 Å². The Morgan fingerprint density at radius 1 is 0.912 bits per heavy atom. The number of fused-ring (bicyclic) bond motifs is 1. The molecule has 1 aliphatic carbocycles. The third-order valence-electron chi connectivity index (χ3n) is 8.52. The van der Waals surface area contributed by atoms with Crippen LogP contribution in [-0.2, 0) is 6.42 Å². The quantitative estimate of drug-likeness (QED) is 0.530. The van der Waals surface area contributed by atoms with E-state index in [-0.39, 0.29) is 17.7 Å². The highest BCUT2D eigenvalue weighted by atomic mass is 19.1. The number of phenolic OH excluding ortho intramolecular Hbond substituents is 1. The summed E-state index contributed by atoms with van der Waals surface area (Å²) in [7, 11) is 2.18. The minimum Gasteiger partial charge on any atom is -0.508 e. The predicted octanol–water partition coefficient (Wildman–Crippen LogP) is 5.93. The molecule has 3 nitrogen and oxygen atoms in total. The fraction of sp³-hybridized carbons (Fsp3) is 0.400. The standard InChI is InChI=1S/C30H33FN2O/c1-32-19-30(20-32)13-15-33(16-14-30)28-12-8-23(18-27(28)31)29-25(21-5-3-2-4-6-21)10-7-22-17-24(34)9-11-26(22)29/h2-6,8-9,11-12,17-18,25,29,34H,7,10,13-16,19-20H2,1H3. The van der Waals surface area contributed by atoms with Gasteiger partial charge in [-0.25, -0.2) is 4.39 Å². The van der Waals surface area contributed by atoms with Crippen molar-refractivity contribution < 1.29 is 9.50 Å². The summed E-state index contributed by atoms with van der Waals surface area (Å²) in [5.41, 5.74) is 5.90. The monoisotopic (exact) mass is 456 g/mol. The van der Waals surface area contributed by atoms with Crippen LogP contribution >= 0.6 is 0 Å². The van der Waals surface area contributed by atoms with Crippen molar-refractivity contribution in [3.05, 3.63) is 94.8 Å². The van der Waals surface area contributed by atoms with Crippen molar-refractivity contribution in [1.29, 1.82) is 0 Å². The summed E-state index contributed by atoms with van der Waals surface area (Å²) < 4.78 is 15.6. The minimum absolute atomic E-state index is 0.0745. The maximum Gasteiger partial charge on any atom is 0.146 e. The lowest BCUT2D eigenvalue weighted by molar-refractivity contribution is 0.00123. The smallest absolute Gasteiger partial charge is 0.146 e. The van der Waals surface area contributed by atoms with E-state index >= 15 is 4.39 Å². The molecule has 4 heteroatoms. The second-order valence-electron chi connectivity index (χ2n) is 10.8. The average molecular weight is 457 g/mol. The van der Waals surface area contributed by atoms with Gasteiger partial charge in [-0.15, -0.1) is 0 Å². The zero-order valence-corrected chi connectivity index (χ0v) is 19.9. The molecule has 0 amide bonds. The summed E-state index contributed by atoms with van der Waals surface area (Å²) in [6, 6.07) is 22.2. The van der Waals surface area contributed by atoms with Gasteiger partial charge in [-0.2, -0.15) is 0 Å². The van der Waals surface area contributed by atoms with Gasteiger partial charge in [-0.3, -0.25) is 0 Å². The van der Waals surface area contributed by atoms with E-state index in [2.05, 4.69) is 47.2 Å². The molecule has 2 atom stereocenters. The lowest BCUT2D eigenvalue weighted by atomic mass is 9.69. The molecule has 1 spiro atoms. The lowest BCUT2D eigenvalue weighted by Gasteiger charge is -2.53. The number of likely N-dealkylation sites (tertiary alicyclic amines) is 1. The Hall–Kier alpha value is -2.85. The number of benzene rings is 3. The van der Waals surface area contributed by atoms with Crippen LogP contribution in [0.1, 0.15) is 53.4 Å². The molecule has 0 aromatic heterocycles. The van der Waals surface area contributed by atoms with Crippen LogP contribution in [0.15, 0.2) is 66.7 Å². The van der Waals surface area contributed by atoms with Crippen molar-refractivity contribution in [3.8, 4) is 5.75 Å². The molecule has 0 radical (unpaired) electrons. The molecule has 2 fully saturated rings. The van der Waals surface area contributed by atoms with Crippen molar-refractivity contribution in [1.82, 2.24) is 4.90 Å². The number of hydrogen-bond donors (Lipinski definition) is 1. The van der Waals surface area contributed by atoms with Gasteiger partial charge in [0.1, 0.15) is 11.6 Å². The van der Waals surface area contributed by atoms with Crippen molar-refractivity contribution in [2.24, 2.45) is 5.41 Å². The van der Waals surface area contributed by atoms with Gasteiger partial charge in [0.25, 0.3) is 0 Å². The molecule has 2 saturated heterocycles. The van der Waals surface area contributed by atoms with Crippen LogP contribution in [0.3, 0.4) is 0 Å². The number of anilines is 1. The van der Waals surface area contributed by atoms with Gasteiger partial charge in [-0.05, 0) is 90.6 Å². The Balaban J connectivity index is 1.32. The van der Waals surface area contributed by atoms with Crippen molar-refractivity contribution in [2.45, 2.75) is 37.5 Å². The van der Waals surface area contributed by atoms with Gasteiger partial charge >= 0.3 is 0 Å². The summed E-state index contributed by atoms with van der Waals surface area (Å²) in [5.74, 6) is 0.550. The van der Waals surface area contributed by atoms with Crippen molar-refractivity contribution >= 4 is 5.69 Å². The normalized spacial score (nSPS) is 24.0. The summed E-state index contributed by atoms with van der Waals surface area (Å²) >= 11 is 0. The lowest BCUT2D eigenvalue weighted by Crippen LogP contribution is -2.58. The first-order valence-electron chi connectivity index (χ1n) is 12.6. The molecule has 0 saturated carbocycles. The number of aromatic hydroxyl groups is 1. The maximum absolute atomic E-state index is 15.6. The van der Waals surface area contributed by atoms with Gasteiger partial charge in [0.15, 0.2) is 0 Å². The number of halogens is 1. The third-order valence-corrected chi connectivity index (χ3v) is 8.52. The Morgan fingerprint density at radius 3 is 2.38 bits per heavy atom. The Kier molecular flexibility index (Phi) is 5.37. The average Bonchev–Trinajstić information content (AvgIpc) is 2.83. The predicted molar refractivity (Wildman–Crippen MR) is 135 cm³/mol. The van der Waals surface area contributed by atoms with Gasteiger partial charge < -0.3 is 14.9 Å². The summed E-state index contributed by atoms with van der Waals surface area (Å²) in [5, 5.41) is 10.1. The van der Waals surface area contributed by atoms with E-state index in [4.69, 9.17) is 0 Å². The summed E-state index contributed by atoms with van der Waals surface area (Å²) in [4.78, 5) is 4.63. The Labute approximate surface area is 201 Å². The number of nitrogens with zero attached hydrogens (tertiary/aromatic N) is 2. The van der Waals surface area contributed by atoms with E-state index in [0.717, 1.165) is 50.0 Å². The molecule has 3 aliphatic rings. The van der Waals surface area contributed by atoms with Crippen LogP contribution in [0.4, 0.5) is 10.1 Å². The molecule has 2 aliphatic heterocycles. The highest BCUT2D eigenvalue weighted by Crippen LogP contribution is 2.48. The first-order chi connectivity index (χ1) is 16.5. The molecule has 2 heterocycles. The fourth-order valence-electron chi connectivity index (χ4n) is 6.89. The molecular formula is C30H33FN2O. The van der Waals surface area contributed by atoms with Crippen LogP contribution in [0.5, 0.6) is 5.75 Å². The minimum atomic E-state index is -0.114. The number of phenols is 1. The first-order valence-corrected chi connectivity index (χ1v) is 12.6. The van der Waals surface area contributed by atoms with Crippen LogP contribution in [0.25, 0.3) is 0 Å². The summed E-state index contributed by atoms with van der Waals surface area (Å²) in [6.07, 6.45) is 4.20. The molecule has 2 unspecified atom stereocenters. The highest BCUT2D eigenvalue weighted by molar-refractivity contribution is 5.54. The van der Waals surface area contributed by atoms with E-state index < -0.39 is 0 Å². The zero-order valence-electron chi connectivity index (χ0n) is 19.9. The summed E-state index contributed by atoms with van der Waals surface area (Å²) in [6.45, 7) is 4.23. The SMILES string of the molecule is CN1CC2(CCN(c3ccc(C4c5ccc(O)cc5CCC4c4ccccc4)cc3F)CC2)C1. The van der Waals surface area contributed by atoms with Gasteiger partial charge in [0, 0.05) is 32.1 Å². The Bertz CT molecular complexity index is 1180. The van der Waals surface area contributed by atoms with E-state index in [1.54, 1.807) is 12.1 Å². The van der Waals surface area contributed by atoms with Gasteiger partial charge in [0.2, 0.25) is 0 Å². The number of piperidine rings is 1. The molecule has 1 N–H and O–H groups in total. The largest absolute Gasteiger partial charge is 0.508 e. The van der Waals surface area contributed by atoms with Gasteiger partial charge in [0.05, 0.1) is 5.69 Å². The molecule has 3 aromatic carbocycles. The molecular weight excluding hydrogens is 423 g/mol. The number of hydrogen-bond acceptors (Lipinski definition) is 3. The number of aryl methyl sites for hydroxylation is 1. The van der Waals surface area contributed by atoms with E-state index in [0.29, 0.717) is 11.2 Å². The van der Waals surface area contributed by atoms with Crippen molar-refractivity contribution in [2.75, 3.05) is 38.1 Å². The van der Waals surface area contributed by atoms with E-state index in [1.807, 2.05) is 24.3 Å². The molecule has 3 aromatic rings. The second kappa shape index (κ2) is 8.42. The van der Waals surface area contributed by atoms with Crippen LogP contribution < -0.4 is 4.90 Å². The molecule has 176 valence electrons. The topological polar surface area (TPSA) is 26.7 Å². The highest BCUT2D eigenvalue weighted by Gasteiger charge is 2.43. The van der Waals surface area contributed by atoms with E-state index in [1.165, 1.54) is 29.8 Å². The van der Waals surface area contributed by atoms with E-state index in [9.17, 15) is 5.11 Å². The van der Waals surface area contributed by atoms with Gasteiger partial charge in [-0.1, -0.05) is 42.5 Å². The van der Waals surface area contributed by atoms with Crippen LogP contribution in [0, 0.1) is 11.2 Å². The number of rotatable bonds is 3. The molecule has 0 bridgehead atoms. The first kappa shape index (κ1) is 21.7. The van der Waals surface area contributed by atoms with Crippen LogP contribution in [-0.4, -0.2) is 43.2 Å². The third kappa shape index (κ3) is 3.78. The maximum atomic E-state index is 15.6. The molecule has 34 heavy (non-hydrogen) atoms. The zero-order chi connectivity index (χ0) is 23.3. The fourth-order valence-corrected chi connectivity index (χ4v) is 6.89.